The largest absolute Gasteiger partial charge is 0.360 e. The van der Waals surface area contributed by atoms with E-state index in [-0.39, 0.29) is 0 Å². The first-order valence-electron chi connectivity index (χ1n) is 7.45. The highest BCUT2D eigenvalue weighted by molar-refractivity contribution is 7.80. The summed E-state index contributed by atoms with van der Waals surface area (Å²) in [6.45, 7) is 6.81. The van der Waals surface area contributed by atoms with E-state index in [0.29, 0.717) is 27.7 Å². The molecule has 0 amide bonds. The molecule has 0 aliphatic heterocycles. The van der Waals surface area contributed by atoms with Crippen LogP contribution < -0.4 is 10.6 Å². The van der Waals surface area contributed by atoms with E-state index in [0.717, 1.165) is 23.5 Å². The number of nitrogens with one attached hydrogen (secondary N) is 2. The van der Waals surface area contributed by atoms with Crippen LogP contribution >= 0.6 is 35.4 Å². The third-order valence-electron chi connectivity index (χ3n) is 3.53. The third-order valence-corrected chi connectivity index (χ3v) is 4.49. The first-order chi connectivity index (χ1) is 10.9. The molecule has 1 heterocycles. The Bertz CT molecular complexity index is 699. The van der Waals surface area contributed by atoms with E-state index in [9.17, 15) is 0 Å². The van der Waals surface area contributed by atoms with E-state index in [1.165, 1.54) is 0 Å². The van der Waals surface area contributed by atoms with Gasteiger partial charge in [0.05, 0.1) is 16.6 Å². The first-order valence-corrected chi connectivity index (χ1v) is 8.61. The highest BCUT2D eigenvalue weighted by Gasteiger charge is 2.08. The van der Waals surface area contributed by atoms with Crippen molar-refractivity contribution in [3.8, 4) is 0 Å². The minimum absolute atomic E-state index is 0.328. The zero-order valence-corrected chi connectivity index (χ0v) is 15.7. The van der Waals surface area contributed by atoms with Gasteiger partial charge in [-0.15, -0.1) is 0 Å². The Labute approximate surface area is 152 Å². The summed E-state index contributed by atoms with van der Waals surface area (Å²) in [5, 5.41) is 12.5. The van der Waals surface area contributed by atoms with Crippen LogP contribution in [0.1, 0.15) is 31.5 Å². The van der Waals surface area contributed by atoms with E-state index in [2.05, 4.69) is 29.6 Å². The van der Waals surface area contributed by atoms with Crippen molar-refractivity contribution in [2.45, 2.75) is 39.8 Å². The molecule has 2 N–H and O–H groups in total. The maximum Gasteiger partial charge on any atom is 0.172 e. The summed E-state index contributed by atoms with van der Waals surface area (Å²) in [5.41, 5.74) is 2.07. The number of nitrogens with zero attached hydrogens (tertiary/aromatic N) is 2. The summed E-state index contributed by atoms with van der Waals surface area (Å²) in [7, 11) is 0. The fourth-order valence-electron chi connectivity index (χ4n) is 2.02. The highest BCUT2D eigenvalue weighted by atomic mass is 35.5. The molecule has 0 fully saturated rings. The molecule has 0 radical (unpaired) electrons. The van der Waals surface area contributed by atoms with E-state index >= 15 is 0 Å². The molecule has 0 spiro atoms. The van der Waals surface area contributed by atoms with Gasteiger partial charge in [-0.1, -0.05) is 36.2 Å². The van der Waals surface area contributed by atoms with E-state index in [4.69, 9.17) is 35.4 Å². The molecule has 0 aliphatic carbocycles. The van der Waals surface area contributed by atoms with Crippen molar-refractivity contribution in [3.05, 3.63) is 45.6 Å². The van der Waals surface area contributed by atoms with Gasteiger partial charge in [0.1, 0.15) is 0 Å². The van der Waals surface area contributed by atoms with E-state index in [1.807, 2.05) is 29.8 Å². The van der Waals surface area contributed by atoms with Crippen molar-refractivity contribution in [3.63, 3.8) is 0 Å². The minimum atomic E-state index is 0.328. The Balaban J connectivity index is 2.05. The minimum Gasteiger partial charge on any atom is -0.360 e. The summed E-state index contributed by atoms with van der Waals surface area (Å²) >= 11 is 17.3. The second-order valence-corrected chi connectivity index (χ2v) is 6.71. The Morgan fingerprint density at radius 3 is 2.70 bits per heavy atom. The number of halogens is 2. The molecule has 23 heavy (non-hydrogen) atoms. The Morgan fingerprint density at radius 2 is 2.04 bits per heavy atom. The van der Waals surface area contributed by atoms with Crippen LogP contribution in [0, 0.1) is 6.92 Å². The van der Waals surface area contributed by atoms with Crippen molar-refractivity contribution in [1.82, 2.24) is 15.1 Å². The van der Waals surface area contributed by atoms with Crippen LogP contribution in [0.25, 0.3) is 0 Å². The van der Waals surface area contributed by atoms with Gasteiger partial charge in [0.15, 0.2) is 10.9 Å². The fraction of sp³-hybridized carbons (Fsp3) is 0.375. The molecule has 7 heteroatoms. The number of hydrogen-bond donors (Lipinski definition) is 2. The molecule has 1 aromatic carbocycles. The Morgan fingerprint density at radius 1 is 1.30 bits per heavy atom. The van der Waals surface area contributed by atoms with Crippen LogP contribution in [-0.2, 0) is 6.54 Å². The Kier molecular flexibility index (Phi) is 6.27. The van der Waals surface area contributed by atoms with Crippen LogP contribution in [0.4, 0.5) is 5.82 Å². The molecule has 1 atom stereocenters. The maximum atomic E-state index is 6.06. The average molecular weight is 371 g/mol. The topological polar surface area (TPSA) is 41.9 Å². The molecule has 0 bridgehead atoms. The van der Waals surface area contributed by atoms with Crippen LogP contribution in [-0.4, -0.2) is 20.9 Å². The predicted octanol–water partition coefficient (Wildman–Crippen LogP) is 4.63. The number of rotatable bonds is 5. The zero-order chi connectivity index (χ0) is 17.0. The maximum absolute atomic E-state index is 6.06. The molecular weight excluding hydrogens is 351 g/mol. The predicted molar refractivity (Wildman–Crippen MR) is 102 cm³/mol. The third kappa shape index (κ3) is 5.09. The van der Waals surface area contributed by atoms with Crippen molar-refractivity contribution < 1.29 is 0 Å². The lowest BCUT2D eigenvalue weighted by atomic mass is 10.2. The van der Waals surface area contributed by atoms with E-state index in [1.54, 1.807) is 6.07 Å². The van der Waals surface area contributed by atoms with Crippen molar-refractivity contribution in [2.24, 2.45) is 0 Å². The van der Waals surface area contributed by atoms with Crippen molar-refractivity contribution in [1.29, 1.82) is 0 Å². The van der Waals surface area contributed by atoms with Gasteiger partial charge in [0.2, 0.25) is 0 Å². The molecule has 1 unspecified atom stereocenters. The molecule has 2 aromatic rings. The zero-order valence-electron chi connectivity index (χ0n) is 13.4. The van der Waals surface area contributed by atoms with Gasteiger partial charge < -0.3 is 10.6 Å². The molecule has 124 valence electrons. The lowest BCUT2D eigenvalue weighted by Gasteiger charge is -2.13. The molecule has 0 saturated carbocycles. The van der Waals surface area contributed by atoms with Gasteiger partial charge in [0, 0.05) is 17.8 Å². The number of anilines is 1. The van der Waals surface area contributed by atoms with Gasteiger partial charge >= 0.3 is 0 Å². The number of hydrogen-bond acceptors (Lipinski definition) is 2. The highest BCUT2D eigenvalue weighted by Crippen LogP contribution is 2.23. The van der Waals surface area contributed by atoms with Crippen molar-refractivity contribution in [2.75, 3.05) is 5.32 Å². The lowest BCUT2D eigenvalue weighted by Crippen LogP contribution is -2.35. The molecule has 0 saturated heterocycles. The van der Waals surface area contributed by atoms with Gasteiger partial charge in [-0.25, -0.2) is 0 Å². The molecule has 0 aliphatic rings. The summed E-state index contributed by atoms with van der Waals surface area (Å²) in [5.74, 6) is 0.725. The summed E-state index contributed by atoms with van der Waals surface area (Å²) in [4.78, 5) is 0. The second kappa shape index (κ2) is 7.99. The Hall–Kier alpha value is -1.30. The van der Waals surface area contributed by atoms with Crippen molar-refractivity contribution >= 4 is 46.4 Å². The van der Waals surface area contributed by atoms with Crippen LogP contribution in [0.15, 0.2) is 24.3 Å². The number of aromatic nitrogens is 2. The van der Waals surface area contributed by atoms with Gasteiger partial charge in [-0.3, -0.25) is 4.68 Å². The fourth-order valence-corrected chi connectivity index (χ4v) is 2.65. The first kappa shape index (κ1) is 18.0. The quantitative estimate of drug-likeness (QED) is 0.752. The molecule has 4 nitrogen and oxygen atoms in total. The summed E-state index contributed by atoms with van der Waals surface area (Å²) in [6.07, 6.45) is 1.01. The lowest BCUT2D eigenvalue weighted by molar-refractivity contribution is 0.644. The number of benzene rings is 1. The van der Waals surface area contributed by atoms with Gasteiger partial charge in [0.25, 0.3) is 0 Å². The monoisotopic (exact) mass is 370 g/mol. The van der Waals surface area contributed by atoms with Crippen LogP contribution in [0.3, 0.4) is 0 Å². The standard InChI is InChI=1S/C16H20Cl2N4S/c1-4-10(2)19-16(23)20-15-7-11(3)22(21-15)9-12-5-6-13(17)14(18)8-12/h5-8,10H,4,9H2,1-3H3,(H2,19,20,21,23). The van der Waals surface area contributed by atoms with Crippen LogP contribution in [0.2, 0.25) is 10.0 Å². The molecule has 1 aromatic heterocycles. The van der Waals surface area contributed by atoms with Crippen LogP contribution in [0.5, 0.6) is 0 Å². The van der Waals surface area contributed by atoms with Gasteiger partial charge in [-0.05, 0) is 50.2 Å². The smallest absolute Gasteiger partial charge is 0.172 e. The number of aryl methyl sites for hydroxylation is 1. The number of thiocarbonyl (C=S) groups is 1. The SMILES string of the molecule is CCC(C)NC(=S)Nc1cc(C)n(Cc2ccc(Cl)c(Cl)c2)n1. The average Bonchev–Trinajstić information content (AvgIpc) is 2.82. The normalized spacial score (nSPS) is 12.0. The summed E-state index contributed by atoms with van der Waals surface area (Å²) in [6, 6.07) is 7.88. The molecular formula is C16H20Cl2N4S. The van der Waals surface area contributed by atoms with Gasteiger partial charge in [-0.2, -0.15) is 5.10 Å². The molecule has 2 rings (SSSR count). The second-order valence-electron chi connectivity index (χ2n) is 5.48. The summed E-state index contributed by atoms with van der Waals surface area (Å²) < 4.78 is 1.90. The van der Waals surface area contributed by atoms with E-state index < -0.39 is 0 Å².